The summed E-state index contributed by atoms with van der Waals surface area (Å²) >= 11 is 1.62. The summed E-state index contributed by atoms with van der Waals surface area (Å²) < 4.78 is 10.9. The smallest absolute Gasteiger partial charge is 0.326 e. The number of nitrogens with zero attached hydrogens (tertiary/aromatic N) is 1. The van der Waals surface area contributed by atoms with Gasteiger partial charge in [0, 0.05) is 11.9 Å². The number of amides is 1. The summed E-state index contributed by atoms with van der Waals surface area (Å²) in [7, 11) is 1.62. The zero-order valence-corrected chi connectivity index (χ0v) is 14.4. The first-order valence-corrected chi connectivity index (χ1v) is 8.28. The second-order valence-electron chi connectivity index (χ2n) is 6.46. The van der Waals surface area contributed by atoms with Crippen molar-refractivity contribution in [2.75, 3.05) is 20.2 Å². The van der Waals surface area contributed by atoms with Crippen LogP contribution in [0.1, 0.15) is 43.7 Å². The Balaban J connectivity index is 1.89. The van der Waals surface area contributed by atoms with Gasteiger partial charge in [0.2, 0.25) is 5.91 Å². The fourth-order valence-electron chi connectivity index (χ4n) is 2.34. The molecule has 1 aliphatic heterocycles. The van der Waals surface area contributed by atoms with Crippen LogP contribution in [0.2, 0.25) is 0 Å². The van der Waals surface area contributed by atoms with Crippen molar-refractivity contribution in [2.45, 2.75) is 45.3 Å². The lowest BCUT2D eigenvalue weighted by Crippen LogP contribution is -2.37. The van der Waals surface area contributed by atoms with Crippen molar-refractivity contribution in [2.24, 2.45) is 0 Å². The minimum absolute atomic E-state index is 0.0415. The molecule has 122 valence electrons. The molecule has 1 aliphatic rings. The van der Waals surface area contributed by atoms with Crippen molar-refractivity contribution in [3.8, 4) is 0 Å². The van der Waals surface area contributed by atoms with Crippen LogP contribution in [0, 0.1) is 0 Å². The van der Waals surface area contributed by atoms with Crippen molar-refractivity contribution >= 4 is 23.2 Å². The van der Waals surface area contributed by atoms with Crippen molar-refractivity contribution < 1.29 is 19.1 Å². The maximum atomic E-state index is 12.3. The molecule has 0 saturated heterocycles. The average Bonchev–Trinajstić information content (AvgIpc) is 2.85. The number of rotatable bonds is 4. The Morgan fingerprint density at radius 2 is 2.18 bits per heavy atom. The zero-order valence-electron chi connectivity index (χ0n) is 13.5. The molecule has 0 aromatic carbocycles. The molecule has 5 nitrogen and oxygen atoms in total. The predicted octanol–water partition coefficient (Wildman–Crippen LogP) is 2.55. The molecule has 22 heavy (non-hydrogen) atoms. The lowest BCUT2D eigenvalue weighted by molar-refractivity contribution is -0.158. The third-order valence-corrected chi connectivity index (χ3v) is 4.39. The van der Waals surface area contributed by atoms with Gasteiger partial charge >= 0.3 is 5.97 Å². The number of fused-ring (bicyclic) bond motifs is 1. The van der Waals surface area contributed by atoms with E-state index in [1.165, 1.54) is 10.5 Å². The number of carbonyl (C=O) groups is 2. The Bertz CT molecular complexity index is 547. The minimum Gasteiger partial charge on any atom is -0.459 e. The lowest BCUT2D eigenvalue weighted by Gasteiger charge is -2.26. The summed E-state index contributed by atoms with van der Waals surface area (Å²) in [6.07, 6.45) is 0.960. The molecule has 6 heteroatoms. The van der Waals surface area contributed by atoms with E-state index in [0.717, 1.165) is 11.3 Å². The van der Waals surface area contributed by atoms with Gasteiger partial charge in [0.1, 0.15) is 18.2 Å². The van der Waals surface area contributed by atoms with Gasteiger partial charge in [-0.05, 0) is 44.2 Å². The summed E-state index contributed by atoms with van der Waals surface area (Å²) in [5, 5.41) is 2.03. The van der Waals surface area contributed by atoms with Crippen molar-refractivity contribution in [1.82, 2.24) is 4.90 Å². The molecular weight excluding hydrogens is 302 g/mol. The fraction of sp³-hybridized carbons (Fsp3) is 0.625. The first-order valence-electron chi connectivity index (χ1n) is 7.40. The van der Waals surface area contributed by atoms with Gasteiger partial charge in [-0.3, -0.25) is 9.59 Å². The van der Waals surface area contributed by atoms with Gasteiger partial charge in [-0.15, -0.1) is 11.3 Å². The van der Waals surface area contributed by atoms with Crippen molar-refractivity contribution in [3.05, 3.63) is 21.9 Å². The summed E-state index contributed by atoms with van der Waals surface area (Å²) in [5.74, 6) is -0.512. The molecule has 0 fully saturated rings. The number of likely N-dealkylation sites (N-methyl/N-ethyl adjacent to an activating group) is 1. The van der Waals surface area contributed by atoms with E-state index < -0.39 is 11.6 Å². The molecule has 0 saturated carbocycles. The van der Waals surface area contributed by atoms with Crippen LogP contribution in [0.15, 0.2) is 11.4 Å². The number of hydrogen-bond acceptors (Lipinski definition) is 5. The molecule has 0 spiro atoms. The number of esters is 1. The van der Waals surface area contributed by atoms with Crippen LogP contribution in [0.3, 0.4) is 0 Å². The number of ether oxygens (including phenoxy) is 2. The molecule has 0 N–H and O–H groups in total. The van der Waals surface area contributed by atoms with Crippen molar-refractivity contribution in [3.63, 3.8) is 0 Å². The number of carbonyl (C=O) groups excluding carboxylic acids is 2. The van der Waals surface area contributed by atoms with E-state index in [4.69, 9.17) is 9.47 Å². The highest BCUT2D eigenvalue weighted by Gasteiger charge is 2.27. The average molecular weight is 325 g/mol. The molecule has 1 atom stereocenters. The highest BCUT2D eigenvalue weighted by Crippen LogP contribution is 2.34. The van der Waals surface area contributed by atoms with Crippen molar-refractivity contribution in [1.29, 1.82) is 0 Å². The molecule has 2 heterocycles. The maximum Gasteiger partial charge on any atom is 0.326 e. The largest absolute Gasteiger partial charge is 0.459 e. The van der Waals surface area contributed by atoms with Gasteiger partial charge in [-0.2, -0.15) is 0 Å². The third-order valence-electron chi connectivity index (χ3n) is 3.34. The first kappa shape index (κ1) is 17.0. The molecule has 1 aromatic heterocycles. The second-order valence-corrected chi connectivity index (χ2v) is 7.41. The van der Waals surface area contributed by atoms with Gasteiger partial charge in [-0.1, -0.05) is 0 Å². The van der Waals surface area contributed by atoms with E-state index in [1.807, 2.05) is 5.38 Å². The Labute approximate surface area is 135 Å². The SMILES string of the molecule is CN(CC(=O)OC(C)(C)C)C(=O)CC1OCCc2ccsc21. The van der Waals surface area contributed by atoms with Crippen LogP contribution in [-0.2, 0) is 25.5 Å². The maximum absolute atomic E-state index is 12.3. The quantitative estimate of drug-likeness (QED) is 0.798. The molecule has 2 rings (SSSR count). The molecule has 1 unspecified atom stereocenters. The van der Waals surface area contributed by atoms with Gasteiger partial charge in [-0.25, -0.2) is 0 Å². The zero-order chi connectivity index (χ0) is 16.3. The molecule has 0 bridgehead atoms. The number of thiophene rings is 1. The number of hydrogen-bond donors (Lipinski definition) is 0. The third kappa shape index (κ3) is 4.55. The van der Waals surface area contributed by atoms with Gasteiger partial charge in [0.15, 0.2) is 0 Å². The summed E-state index contributed by atoms with van der Waals surface area (Å²) in [4.78, 5) is 26.6. The monoisotopic (exact) mass is 325 g/mol. The van der Waals surface area contributed by atoms with Crippen LogP contribution in [0.4, 0.5) is 0 Å². The Morgan fingerprint density at radius 3 is 2.86 bits per heavy atom. The second kappa shape index (κ2) is 6.79. The minimum atomic E-state index is -0.542. The van der Waals surface area contributed by atoms with Crippen LogP contribution in [0.5, 0.6) is 0 Å². The van der Waals surface area contributed by atoms with E-state index in [0.29, 0.717) is 6.61 Å². The molecule has 1 amide bonds. The molecular formula is C16H23NO4S. The van der Waals surface area contributed by atoms with Crippen LogP contribution in [0.25, 0.3) is 0 Å². The van der Waals surface area contributed by atoms with Crippen LogP contribution >= 0.6 is 11.3 Å². The standard InChI is InChI=1S/C16H23NO4S/c1-16(2,3)21-14(19)10-17(4)13(18)9-12-15-11(5-7-20-12)6-8-22-15/h6,8,12H,5,7,9-10H2,1-4H3. The van der Waals surface area contributed by atoms with Gasteiger partial charge in [0.05, 0.1) is 13.0 Å². The molecule has 1 aromatic rings. The Morgan fingerprint density at radius 1 is 1.45 bits per heavy atom. The van der Waals surface area contributed by atoms with E-state index in [2.05, 4.69) is 6.07 Å². The molecule has 0 radical (unpaired) electrons. The summed E-state index contributed by atoms with van der Waals surface area (Å²) in [5.41, 5.74) is 0.725. The normalized spacial score (nSPS) is 17.7. The van der Waals surface area contributed by atoms with Gasteiger partial charge in [0.25, 0.3) is 0 Å². The van der Waals surface area contributed by atoms with Crippen LogP contribution in [-0.4, -0.2) is 42.6 Å². The van der Waals surface area contributed by atoms with E-state index >= 15 is 0 Å². The lowest BCUT2D eigenvalue weighted by atomic mass is 10.1. The Kier molecular flexibility index (Phi) is 5.24. The van der Waals surface area contributed by atoms with Gasteiger partial charge < -0.3 is 14.4 Å². The Hall–Kier alpha value is -1.40. The topological polar surface area (TPSA) is 55.8 Å². The van der Waals surface area contributed by atoms with Crippen LogP contribution < -0.4 is 0 Å². The summed E-state index contributed by atoms with van der Waals surface area (Å²) in [6.45, 7) is 6.01. The van der Waals surface area contributed by atoms with E-state index in [9.17, 15) is 9.59 Å². The molecule has 0 aliphatic carbocycles. The van der Waals surface area contributed by atoms with E-state index in [-0.39, 0.29) is 25.0 Å². The predicted molar refractivity (Wildman–Crippen MR) is 84.8 cm³/mol. The fourth-order valence-corrected chi connectivity index (χ4v) is 3.35. The highest BCUT2D eigenvalue weighted by atomic mass is 32.1. The van der Waals surface area contributed by atoms with E-state index in [1.54, 1.807) is 39.2 Å². The highest BCUT2D eigenvalue weighted by molar-refractivity contribution is 7.10. The summed E-state index contributed by atoms with van der Waals surface area (Å²) in [6, 6.07) is 2.09. The first-order chi connectivity index (χ1) is 10.3.